The fraction of sp³-hybridized carbons (Fsp3) is 0.278. The minimum Gasteiger partial charge on any atom is -0.324 e. The third kappa shape index (κ3) is 4.85. The van der Waals surface area contributed by atoms with Crippen molar-refractivity contribution in [1.29, 1.82) is 0 Å². The molecule has 0 fully saturated rings. The highest BCUT2D eigenvalue weighted by Crippen LogP contribution is 2.22. The summed E-state index contributed by atoms with van der Waals surface area (Å²) in [6.45, 7) is 2.31. The summed E-state index contributed by atoms with van der Waals surface area (Å²) in [5.74, 6) is -1.05. The molecule has 128 valence electrons. The van der Waals surface area contributed by atoms with E-state index in [1.165, 1.54) is 18.2 Å². The zero-order valence-electron chi connectivity index (χ0n) is 13.5. The number of benzene rings is 2. The number of nitrogens with zero attached hydrogens (tertiary/aromatic N) is 1. The van der Waals surface area contributed by atoms with Gasteiger partial charge in [-0.15, -0.1) is 0 Å². The zero-order chi connectivity index (χ0) is 17.7. The molecule has 24 heavy (non-hydrogen) atoms. The predicted octanol–water partition coefficient (Wildman–Crippen LogP) is 4.75. The van der Waals surface area contributed by atoms with Crippen molar-refractivity contribution < 1.29 is 13.6 Å². The Morgan fingerprint density at radius 3 is 2.58 bits per heavy atom. The van der Waals surface area contributed by atoms with E-state index in [2.05, 4.69) is 21.2 Å². The smallest absolute Gasteiger partial charge is 0.225 e. The van der Waals surface area contributed by atoms with Gasteiger partial charge in [0, 0.05) is 29.0 Å². The second-order valence-corrected chi connectivity index (χ2v) is 6.52. The first-order valence-corrected chi connectivity index (χ1v) is 8.37. The third-order valence-corrected chi connectivity index (χ3v) is 4.41. The van der Waals surface area contributed by atoms with Crippen LogP contribution in [-0.4, -0.2) is 24.4 Å². The van der Waals surface area contributed by atoms with Crippen molar-refractivity contribution >= 4 is 27.5 Å². The molecule has 0 aliphatic heterocycles. The van der Waals surface area contributed by atoms with E-state index in [4.69, 9.17) is 0 Å². The minimum atomic E-state index is -0.495. The molecule has 0 heterocycles. The molecule has 2 aromatic rings. The number of carbonyl (C=O) groups excluding carboxylic acids is 1. The second kappa shape index (κ2) is 8.35. The van der Waals surface area contributed by atoms with Crippen LogP contribution in [-0.2, 0) is 4.79 Å². The fourth-order valence-electron chi connectivity index (χ4n) is 2.33. The molecule has 0 aliphatic rings. The molecule has 0 bridgehead atoms. The Morgan fingerprint density at radius 2 is 1.92 bits per heavy atom. The third-order valence-electron chi connectivity index (χ3n) is 3.91. The molecule has 0 radical (unpaired) electrons. The van der Waals surface area contributed by atoms with Gasteiger partial charge >= 0.3 is 0 Å². The Balaban J connectivity index is 1.90. The van der Waals surface area contributed by atoms with Crippen LogP contribution in [0, 0.1) is 11.6 Å². The van der Waals surface area contributed by atoms with Crippen LogP contribution in [0.1, 0.15) is 24.9 Å². The number of hydrogen-bond acceptors (Lipinski definition) is 2. The van der Waals surface area contributed by atoms with Crippen LogP contribution in [0.5, 0.6) is 0 Å². The number of anilines is 1. The normalized spacial score (nSPS) is 12.2. The van der Waals surface area contributed by atoms with Gasteiger partial charge in [0.1, 0.15) is 11.6 Å². The van der Waals surface area contributed by atoms with Gasteiger partial charge in [0.25, 0.3) is 0 Å². The van der Waals surface area contributed by atoms with E-state index in [1.54, 1.807) is 24.3 Å². The molecule has 2 aromatic carbocycles. The van der Waals surface area contributed by atoms with Crippen LogP contribution in [0.25, 0.3) is 0 Å². The predicted molar refractivity (Wildman–Crippen MR) is 94.8 cm³/mol. The van der Waals surface area contributed by atoms with E-state index in [0.717, 1.165) is 0 Å². The molecular formula is C18H19BrF2N2O. The van der Waals surface area contributed by atoms with Crippen molar-refractivity contribution in [1.82, 2.24) is 4.90 Å². The highest BCUT2D eigenvalue weighted by atomic mass is 79.9. The Morgan fingerprint density at radius 1 is 1.21 bits per heavy atom. The number of nitrogens with one attached hydrogen (secondary N) is 1. The van der Waals surface area contributed by atoms with E-state index >= 15 is 0 Å². The van der Waals surface area contributed by atoms with Crippen LogP contribution in [0.2, 0.25) is 0 Å². The molecule has 0 aromatic heterocycles. The number of halogens is 3. The maximum Gasteiger partial charge on any atom is 0.225 e. The quantitative estimate of drug-likeness (QED) is 0.763. The van der Waals surface area contributed by atoms with Gasteiger partial charge in [0.2, 0.25) is 5.91 Å². The van der Waals surface area contributed by atoms with Crippen LogP contribution < -0.4 is 5.32 Å². The first-order chi connectivity index (χ1) is 11.4. The summed E-state index contributed by atoms with van der Waals surface area (Å²) in [6.07, 6.45) is 0.185. The van der Waals surface area contributed by atoms with E-state index in [9.17, 15) is 13.6 Å². The van der Waals surface area contributed by atoms with Gasteiger partial charge < -0.3 is 5.32 Å². The molecule has 1 unspecified atom stereocenters. The lowest BCUT2D eigenvalue weighted by Gasteiger charge is -2.25. The fourth-order valence-corrected chi connectivity index (χ4v) is 2.66. The number of rotatable bonds is 6. The molecule has 1 amide bonds. The second-order valence-electron chi connectivity index (χ2n) is 5.60. The number of hydrogen-bond donors (Lipinski definition) is 1. The molecular weight excluding hydrogens is 378 g/mol. The first kappa shape index (κ1) is 18.5. The van der Waals surface area contributed by atoms with E-state index in [-0.39, 0.29) is 29.9 Å². The lowest BCUT2D eigenvalue weighted by Crippen LogP contribution is -2.27. The maximum absolute atomic E-state index is 13.8. The Labute approximate surface area is 148 Å². The van der Waals surface area contributed by atoms with Gasteiger partial charge in [-0.05, 0) is 38.2 Å². The zero-order valence-corrected chi connectivity index (χ0v) is 15.1. The highest BCUT2D eigenvalue weighted by molar-refractivity contribution is 9.10. The topological polar surface area (TPSA) is 32.3 Å². The molecule has 0 spiro atoms. The van der Waals surface area contributed by atoms with Gasteiger partial charge in [-0.3, -0.25) is 9.69 Å². The Bertz CT molecular complexity index is 724. The molecule has 0 aliphatic carbocycles. The SMILES string of the molecule is CC(c1ccccc1F)N(C)CCC(=O)Nc1ccc(Br)cc1F. The Kier molecular flexibility index (Phi) is 6.45. The van der Waals surface area contributed by atoms with Gasteiger partial charge in [-0.1, -0.05) is 34.1 Å². The molecule has 0 saturated carbocycles. The van der Waals surface area contributed by atoms with Crippen LogP contribution in [0.15, 0.2) is 46.9 Å². The molecule has 1 atom stereocenters. The van der Waals surface area contributed by atoms with Crippen molar-refractivity contribution in [3.63, 3.8) is 0 Å². The lowest BCUT2D eigenvalue weighted by atomic mass is 10.1. The van der Waals surface area contributed by atoms with Gasteiger partial charge in [0.15, 0.2) is 0 Å². The monoisotopic (exact) mass is 396 g/mol. The van der Waals surface area contributed by atoms with Crippen LogP contribution >= 0.6 is 15.9 Å². The highest BCUT2D eigenvalue weighted by Gasteiger charge is 2.16. The molecule has 0 saturated heterocycles. The standard InChI is InChI=1S/C18H19BrF2N2O/c1-12(14-5-3-4-6-15(14)20)23(2)10-9-18(24)22-17-8-7-13(19)11-16(17)21/h3-8,11-12H,9-10H2,1-2H3,(H,22,24). The summed E-state index contributed by atoms with van der Waals surface area (Å²) < 4.78 is 28.1. The Hall–Kier alpha value is -1.79. The van der Waals surface area contributed by atoms with Crippen molar-refractivity contribution in [2.24, 2.45) is 0 Å². The van der Waals surface area contributed by atoms with Gasteiger partial charge in [0.05, 0.1) is 5.69 Å². The summed E-state index contributed by atoms with van der Waals surface area (Å²) in [6, 6.07) is 10.9. The summed E-state index contributed by atoms with van der Waals surface area (Å²) in [5.41, 5.74) is 0.729. The van der Waals surface area contributed by atoms with E-state index in [1.807, 2.05) is 18.9 Å². The van der Waals surface area contributed by atoms with Crippen LogP contribution in [0.3, 0.4) is 0 Å². The molecule has 2 rings (SSSR count). The lowest BCUT2D eigenvalue weighted by molar-refractivity contribution is -0.116. The summed E-state index contributed by atoms with van der Waals surface area (Å²) >= 11 is 3.17. The summed E-state index contributed by atoms with van der Waals surface area (Å²) in [4.78, 5) is 13.9. The molecule has 1 N–H and O–H groups in total. The molecule has 6 heteroatoms. The average molecular weight is 397 g/mol. The average Bonchev–Trinajstić information content (AvgIpc) is 2.55. The summed E-state index contributed by atoms with van der Waals surface area (Å²) in [7, 11) is 1.82. The van der Waals surface area contributed by atoms with Crippen LogP contribution in [0.4, 0.5) is 14.5 Å². The maximum atomic E-state index is 13.8. The van der Waals surface area contributed by atoms with E-state index in [0.29, 0.717) is 16.6 Å². The van der Waals surface area contributed by atoms with Gasteiger partial charge in [-0.2, -0.15) is 0 Å². The summed E-state index contributed by atoms with van der Waals surface area (Å²) in [5, 5.41) is 2.55. The van der Waals surface area contributed by atoms with Crippen molar-refractivity contribution in [2.45, 2.75) is 19.4 Å². The van der Waals surface area contributed by atoms with E-state index < -0.39 is 5.82 Å². The van der Waals surface area contributed by atoms with Crippen molar-refractivity contribution in [3.05, 3.63) is 64.1 Å². The largest absolute Gasteiger partial charge is 0.324 e. The number of amides is 1. The molecule has 3 nitrogen and oxygen atoms in total. The van der Waals surface area contributed by atoms with Crippen molar-refractivity contribution in [3.8, 4) is 0 Å². The van der Waals surface area contributed by atoms with Crippen molar-refractivity contribution in [2.75, 3.05) is 18.9 Å². The van der Waals surface area contributed by atoms with Gasteiger partial charge in [-0.25, -0.2) is 8.78 Å². The first-order valence-electron chi connectivity index (χ1n) is 7.58. The minimum absolute atomic E-state index is 0.146. The number of carbonyl (C=O) groups is 1.